The molecule has 0 atom stereocenters. The lowest BCUT2D eigenvalue weighted by atomic mass is 10.2. The molecule has 1 aromatic carbocycles. The predicted molar refractivity (Wildman–Crippen MR) is 70.8 cm³/mol. The van der Waals surface area contributed by atoms with Crippen LogP contribution in [0, 0.1) is 0 Å². The first-order chi connectivity index (χ1) is 8.08. The molecule has 17 heavy (non-hydrogen) atoms. The molecule has 0 spiro atoms. The number of nitrogens with one attached hydrogen (secondary N) is 1. The average molecular weight is 301 g/mol. The van der Waals surface area contributed by atoms with E-state index >= 15 is 0 Å². The van der Waals surface area contributed by atoms with Gasteiger partial charge in [0.25, 0.3) is 0 Å². The van der Waals surface area contributed by atoms with Gasteiger partial charge < -0.3 is 10.4 Å². The second-order valence-corrected chi connectivity index (χ2v) is 4.58. The van der Waals surface area contributed by atoms with E-state index in [1.807, 2.05) is 24.0 Å². The zero-order valence-electron chi connectivity index (χ0n) is 10.0. The number of benzene rings is 1. The number of hydrogen-bond donors (Lipinski definition) is 2. The number of carbonyl (C=O) groups excluding carboxylic acids is 1. The quantitative estimate of drug-likeness (QED) is 0.871. The first-order valence-corrected chi connectivity index (χ1v) is 6.27. The monoisotopic (exact) mass is 300 g/mol. The van der Waals surface area contributed by atoms with E-state index in [-0.39, 0.29) is 11.7 Å². The van der Waals surface area contributed by atoms with Gasteiger partial charge in [0.05, 0.1) is 11.0 Å². The van der Waals surface area contributed by atoms with E-state index in [0.717, 1.165) is 12.1 Å². The number of halogens is 1. The molecule has 0 radical (unpaired) electrons. The molecular weight excluding hydrogens is 284 g/mol. The molecule has 1 rings (SSSR count). The Morgan fingerprint density at radius 2 is 2.24 bits per heavy atom. The predicted octanol–water partition coefficient (Wildman–Crippen LogP) is 1.72. The number of hydrogen-bond acceptors (Lipinski definition) is 3. The zero-order chi connectivity index (χ0) is 12.8. The maximum Gasteiger partial charge on any atom is 0.233 e. The summed E-state index contributed by atoms with van der Waals surface area (Å²) in [7, 11) is 1.62. The fourth-order valence-corrected chi connectivity index (χ4v) is 1.90. The molecule has 4 nitrogen and oxygen atoms in total. The Labute approximate surface area is 110 Å². The minimum Gasteiger partial charge on any atom is -0.506 e. The summed E-state index contributed by atoms with van der Waals surface area (Å²) in [6.45, 7) is 3.62. The molecular formula is C12H17BrN2O2. The van der Waals surface area contributed by atoms with E-state index in [1.54, 1.807) is 13.1 Å². The van der Waals surface area contributed by atoms with Gasteiger partial charge in [-0.3, -0.25) is 9.69 Å². The SMILES string of the molecule is CCN(CC(=O)NC)Cc1cccc(Br)c1O. The van der Waals surface area contributed by atoms with Gasteiger partial charge in [0.1, 0.15) is 5.75 Å². The van der Waals surface area contributed by atoms with Crippen LogP contribution in [0.25, 0.3) is 0 Å². The molecule has 0 aromatic heterocycles. The highest BCUT2D eigenvalue weighted by Gasteiger charge is 2.11. The van der Waals surface area contributed by atoms with E-state index in [0.29, 0.717) is 17.6 Å². The molecule has 2 N–H and O–H groups in total. The van der Waals surface area contributed by atoms with Crippen LogP contribution in [0.4, 0.5) is 0 Å². The first-order valence-electron chi connectivity index (χ1n) is 5.47. The summed E-state index contributed by atoms with van der Waals surface area (Å²) in [6, 6.07) is 5.51. The summed E-state index contributed by atoms with van der Waals surface area (Å²) in [6.07, 6.45) is 0. The van der Waals surface area contributed by atoms with Crippen LogP contribution in [0.15, 0.2) is 22.7 Å². The summed E-state index contributed by atoms with van der Waals surface area (Å²) < 4.78 is 0.672. The first kappa shape index (κ1) is 14.0. The van der Waals surface area contributed by atoms with Crippen molar-refractivity contribution in [3.05, 3.63) is 28.2 Å². The zero-order valence-corrected chi connectivity index (χ0v) is 11.6. The van der Waals surface area contributed by atoms with E-state index in [4.69, 9.17) is 0 Å². The Morgan fingerprint density at radius 3 is 2.82 bits per heavy atom. The number of likely N-dealkylation sites (N-methyl/N-ethyl adjacent to an activating group) is 2. The van der Waals surface area contributed by atoms with Crippen LogP contribution in [0.5, 0.6) is 5.75 Å². The van der Waals surface area contributed by atoms with Gasteiger partial charge in [-0.2, -0.15) is 0 Å². The fraction of sp³-hybridized carbons (Fsp3) is 0.417. The third kappa shape index (κ3) is 4.02. The molecule has 1 amide bonds. The van der Waals surface area contributed by atoms with Crippen molar-refractivity contribution in [2.75, 3.05) is 20.1 Å². The summed E-state index contributed by atoms with van der Waals surface area (Å²) >= 11 is 3.27. The van der Waals surface area contributed by atoms with Crippen LogP contribution in [0.1, 0.15) is 12.5 Å². The maximum absolute atomic E-state index is 11.3. The third-order valence-electron chi connectivity index (χ3n) is 2.56. The molecule has 0 heterocycles. The van der Waals surface area contributed by atoms with E-state index in [9.17, 15) is 9.90 Å². The Morgan fingerprint density at radius 1 is 1.53 bits per heavy atom. The van der Waals surface area contributed by atoms with Crippen molar-refractivity contribution in [3.8, 4) is 5.75 Å². The van der Waals surface area contributed by atoms with Crippen LogP contribution in [0.2, 0.25) is 0 Å². The van der Waals surface area contributed by atoms with Gasteiger partial charge in [0.15, 0.2) is 0 Å². The maximum atomic E-state index is 11.3. The number of carbonyl (C=O) groups is 1. The van der Waals surface area contributed by atoms with E-state index in [1.165, 1.54) is 0 Å². The van der Waals surface area contributed by atoms with Gasteiger partial charge in [-0.15, -0.1) is 0 Å². The minimum atomic E-state index is -0.0265. The standard InChI is InChI=1S/C12H17BrN2O2/c1-3-15(8-11(16)14-2)7-9-5-4-6-10(13)12(9)17/h4-6,17H,3,7-8H2,1-2H3,(H,14,16). The molecule has 0 saturated carbocycles. The van der Waals surface area contributed by atoms with Crippen LogP contribution in [-0.4, -0.2) is 36.1 Å². The van der Waals surface area contributed by atoms with E-state index in [2.05, 4.69) is 21.2 Å². The summed E-state index contributed by atoms with van der Waals surface area (Å²) in [5.74, 6) is 0.212. The highest BCUT2D eigenvalue weighted by atomic mass is 79.9. The van der Waals surface area contributed by atoms with Crippen molar-refractivity contribution in [2.24, 2.45) is 0 Å². The number of rotatable bonds is 5. The van der Waals surface area contributed by atoms with Crippen molar-refractivity contribution < 1.29 is 9.90 Å². The Kier molecular flexibility index (Phi) is 5.44. The van der Waals surface area contributed by atoms with Gasteiger partial charge in [0, 0.05) is 19.2 Å². The number of para-hydroxylation sites is 1. The second-order valence-electron chi connectivity index (χ2n) is 3.72. The van der Waals surface area contributed by atoms with Crippen LogP contribution in [0.3, 0.4) is 0 Å². The van der Waals surface area contributed by atoms with Crippen LogP contribution < -0.4 is 5.32 Å². The molecule has 0 bridgehead atoms. The fourth-order valence-electron chi connectivity index (χ4n) is 1.49. The second kappa shape index (κ2) is 6.61. The van der Waals surface area contributed by atoms with Crippen LogP contribution in [-0.2, 0) is 11.3 Å². The van der Waals surface area contributed by atoms with E-state index < -0.39 is 0 Å². The largest absolute Gasteiger partial charge is 0.506 e. The van der Waals surface area contributed by atoms with Gasteiger partial charge >= 0.3 is 0 Å². The lowest BCUT2D eigenvalue weighted by Gasteiger charge is -2.20. The van der Waals surface area contributed by atoms with Gasteiger partial charge in [-0.25, -0.2) is 0 Å². The molecule has 0 saturated heterocycles. The molecule has 94 valence electrons. The summed E-state index contributed by atoms with van der Waals surface area (Å²) in [5.41, 5.74) is 0.810. The van der Waals surface area contributed by atoms with Crippen LogP contribution >= 0.6 is 15.9 Å². The Balaban J connectivity index is 2.73. The minimum absolute atomic E-state index is 0.0265. The molecule has 0 aliphatic carbocycles. The average Bonchev–Trinajstić information content (AvgIpc) is 2.33. The highest BCUT2D eigenvalue weighted by molar-refractivity contribution is 9.10. The Bertz CT molecular complexity index is 396. The normalized spacial score (nSPS) is 10.6. The number of aromatic hydroxyl groups is 1. The lowest BCUT2D eigenvalue weighted by Crippen LogP contribution is -2.35. The smallest absolute Gasteiger partial charge is 0.233 e. The molecule has 0 aliphatic rings. The third-order valence-corrected chi connectivity index (χ3v) is 3.20. The molecule has 0 fully saturated rings. The van der Waals surface area contributed by atoms with Crippen molar-refractivity contribution in [1.82, 2.24) is 10.2 Å². The lowest BCUT2D eigenvalue weighted by molar-refractivity contribution is -0.121. The Hall–Kier alpha value is -1.07. The number of nitrogens with zero attached hydrogens (tertiary/aromatic N) is 1. The van der Waals surface area contributed by atoms with Gasteiger partial charge in [0.2, 0.25) is 5.91 Å². The van der Waals surface area contributed by atoms with Gasteiger partial charge in [-0.05, 0) is 28.5 Å². The molecule has 0 unspecified atom stereocenters. The van der Waals surface area contributed by atoms with Crippen molar-refractivity contribution in [1.29, 1.82) is 0 Å². The number of amides is 1. The van der Waals surface area contributed by atoms with Crippen molar-refractivity contribution >= 4 is 21.8 Å². The van der Waals surface area contributed by atoms with Gasteiger partial charge in [-0.1, -0.05) is 19.1 Å². The van der Waals surface area contributed by atoms with Crippen molar-refractivity contribution in [3.63, 3.8) is 0 Å². The van der Waals surface area contributed by atoms with Crippen molar-refractivity contribution in [2.45, 2.75) is 13.5 Å². The summed E-state index contributed by atoms with van der Waals surface area (Å²) in [5, 5.41) is 12.4. The molecule has 5 heteroatoms. The number of phenols is 1. The highest BCUT2D eigenvalue weighted by Crippen LogP contribution is 2.28. The molecule has 0 aliphatic heterocycles. The molecule has 1 aromatic rings. The number of phenolic OH excluding ortho intramolecular Hbond substituents is 1. The summed E-state index contributed by atoms with van der Waals surface area (Å²) in [4.78, 5) is 13.3. The topological polar surface area (TPSA) is 52.6 Å².